The molecule has 0 spiro atoms. The summed E-state index contributed by atoms with van der Waals surface area (Å²) in [6.45, 7) is 0. The van der Waals surface area contributed by atoms with Crippen molar-refractivity contribution in [2.45, 2.75) is 0 Å². The van der Waals surface area contributed by atoms with Crippen molar-refractivity contribution in [3.63, 3.8) is 0 Å². The normalized spacial score (nSPS) is 12.5. The number of rotatable bonds is 1. The van der Waals surface area contributed by atoms with Crippen LogP contribution in [0.4, 0.5) is 0 Å². The Kier molecular flexibility index (Phi) is 3.73. The summed E-state index contributed by atoms with van der Waals surface area (Å²) in [6, 6.07) is 45.0. The van der Waals surface area contributed by atoms with Crippen LogP contribution < -0.4 is 0 Å². The maximum atomic E-state index is 4.77. The lowest BCUT2D eigenvalue weighted by Gasteiger charge is -2.16. The van der Waals surface area contributed by atoms with Gasteiger partial charge in [0.15, 0.2) is 0 Å². The maximum Gasteiger partial charge on any atom is 0.0786 e. The highest BCUT2D eigenvalue weighted by molar-refractivity contribution is 6.29. The molecule has 0 atom stereocenters. The van der Waals surface area contributed by atoms with E-state index in [9.17, 15) is 0 Å². The molecule has 0 saturated carbocycles. The first kappa shape index (κ1) is 20.7. The Hall–Kier alpha value is -5.27. The molecule has 0 amide bonds. The predicted octanol–water partition coefficient (Wildman–Crippen LogP) is 10.7. The third-order valence-corrected chi connectivity index (χ3v) is 9.19. The van der Waals surface area contributed by atoms with E-state index in [1.807, 2.05) is 12.3 Å². The predicted molar refractivity (Wildman–Crippen MR) is 169 cm³/mol. The Bertz CT molecular complexity index is 2400. The average Bonchev–Trinajstić information content (AvgIpc) is 3.52. The molecule has 1 nitrogen and oxygen atoms in total. The molecule has 2 aliphatic rings. The quantitative estimate of drug-likeness (QED) is 0.203. The minimum atomic E-state index is 1.09. The van der Waals surface area contributed by atoms with Gasteiger partial charge in [0.05, 0.1) is 5.69 Å². The fraction of sp³-hybridized carbons (Fsp3) is 0. The molecule has 40 heavy (non-hydrogen) atoms. The van der Waals surface area contributed by atoms with Crippen LogP contribution >= 0.6 is 0 Å². The van der Waals surface area contributed by atoms with Crippen LogP contribution in [-0.4, -0.2) is 4.98 Å². The number of pyridine rings is 1. The number of hydrogen-bond acceptors (Lipinski definition) is 1. The van der Waals surface area contributed by atoms with Crippen molar-refractivity contribution >= 4 is 43.1 Å². The van der Waals surface area contributed by atoms with Crippen LogP contribution in [-0.2, 0) is 0 Å². The van der Waals surface area contributed by atoms with Crippen molar-refractivity contribution in [2.24, 2.45) is 0 Å². The smallest absolute Gasteiger partial charge is 0.0786 e. The Morgan fingerprint density at radius 2 is 0.875 bits per heavy atom. The Morgan fingerprint density at radius 1 is 0.300 bits per heavy atom. The van der Waals surface area contributed by atoms with Crippen LogP contribution in [0, 0.1) is 0 Å². The van der Waals surface area contributed by atoms with Crippen LogP contribution in [0.25, 0.3) is 98.9 Å². The molecule has 0 bridgehead atoms. The van der Waals surface area contributed by atoms with Gasteiger partial charge in [0.25, 0.3) is 0 Å². The highest BCUT2D eigenvalue weighted by Crippen LogP contribution is 2.52. The van der Waals surface area contributed by atoms with Crippen molar-refractivity contribution < 1.29 is 0 Å². The van der Waals surface area contributed by atoms with E-state index in [-0.39, 0.29) is 0 Å². The summed E-state index contributed by atoms with van der Waals surface area (Å²) >= 11 is 0. The SMILES string of the molecule is c1ccc2c(c1)-c1cccc3c1c-2cc1c2ccccc2c(-c2ccc4c5c(cccc25)-c2ncccc2-4)cc31. The van der Waals surface area contributed by atoms with Gasteiger partial charge in [0, 0.05) is 17.3 Å². The van der Waals surface area contributed by atoms with E-state index in [0.29, 0.717) is 0 Å². The molecule has 0 saturated heterocycles. The number of fused-ring (bicyclic) bond motifs is 10. The number of hydrogen-bond donors (Lipinski definition) is 0. The van der Waals surface area contributed by atoms with Gasteiger partial charge in [0.1, 0.15) is 0 Å². The topological polar surface area (TPSA) is 12.9 Å². The molecule has 1 heterocycles. The first-order valence-electron chi connectivity index (χ1n) is 13.9. The van der Waals surface area contributed by atoms with Crippen molar-refractivity contribution in [3.8, 4) is 55.8 Å². The number of aromatic nitrogens is 1. The second-order valence-electron chi connectivity index (χ2n) is 11.1. The highest BCUT2D eigenvalue weighted by Gasteiger charge is 2.26. The summed E-state index contributed by atoms with van der Waals surface area (Å²) in [5.41, 5.74) is 12.8. The van der Waals surface area contributed by atoms with Crippen molar-refractivity contribution in [1.29, 1.82) is 0 Å². The molecular weight excluding hydrogens is 482 g/mol. The molecule has 8 aromatic rings. The van der Waals surface area contributed by atoms with Gasteiger partial charge in [-0.3, -0.25) is 4.98 Å². The van der Waals surface area contributed by atoms with E-state index < -0.39 is 0 Å². The van der Waals surface area contributed by atoms with Crippen molar-refractivity contribution in [2.75, 3.05) is 0 Å². The first-order valence-corrected chi connectivity index (χ1v) is 13.9. The van der Waals surface area contributed by atoms with Gasteiger partial charge < -0.3 is 0 Å². The van der Waals surface area contributed by atoms with Crippen LogP contribution in [0.1, 0.15) is 0 Å². The van der Waals surface area contributed by atoms with Crippen LogP contribution in [0.3, 0.4) is 0 Å². The molecule has 182 valence electrons. The van der Waals surface area contributed by atoms with Crippen LogP contribution in [0.2, 0.25) is 0 Å². The van der Waals surface area contributed by atoms with E-state index in [0.717, 1.165) is 5.69 Å². The standard InChI is InChI=1S/C39H21N/c1-4-11-25-22(8-1)27-12-5-14-29-35-20-33(23-9-2-3-10-24(23)34(35)21-36(25)38(27)29)26-17-18-30-31-16-7-19-40-39(31)32-15-6-13-28(26)37(30)32/h1-21H. The molecule has 2 aliphatic carbocycles. The summed E-state index contributed by atoms with van der Waals surface area (Å²) < 4.78 is 0. The average molecular weight is 504 g/mol. The largest absolute Gasteiger partial charge is 0.256 e. The Morgan fingerprint density at radius 3 is 1.77 bits per heavy atom. The Balaban J connectivity index is 1.36. The van der Waals surface area contributed by atoms with Gasteiger partial charge in [-0.2, -0.15) is 0 Å². The molecule has 0 aliphatic heterocycles. The monoisotopic (exact) mass is 503 g/mol. The van der Waals surface area contributed by atoms with Gasteiger partial charge in [-0.15, -0.1) is 0 Å². The lowest BCUT2D eigenvalue weighted by Crippen LogP contribution is -1.89. The molecular formula is C39H21N. The molecule has 1 aromatic heterocycles. The molecule has 0 radical (unpaired) electrons. The van der Waals surface area contributed by atoms with E-state index in [1.54, 1.807) is 0 Å². The maximum absolute atomic E-state index is 4.77. The third kappa shape index (κ3) is 2.42. The van der Waals surface area contributed by atoms with Crippen molar-refractivity contribution in [3.05, 3.63) is 128 Å². The minimum absolute atomic E-state index is 1.09. The summed E-state index contributed by atoms with van der Waals surface area (Å²) in [5.74, 6) is 0. The summed E-state index contributed by atoms with van der Waals surface area (Å²) in [6.07, 6.45) is 1.90. The fourth-order valence-corrected chi connectivity index (χ4v) is 7.57. The lowest BCUT2D eigenvalue weighted by atomic mass is 9.87. The third-order valence-electron chi connectivity index (χ3n) is 9.19. The second kappa shape index (κ2) is 7.22. The summed E-state index contributed by atoms with van der Waals surface area (Å²) in [5, 5.41) is 10.5. The Labute approximate surface area is 231 Å². The molecule has 0 fully saturated rings. The molecule has 1 heteroatoms. The number of benzene rings is 7. The van der Waals surface area contributed by atoms with E-state index in [4.69, 9.17) is 4.98 Å². The second-order valence-corrected chi connectivity index (χ2v) is 11.1. The lowest BCUT2D eigenvalue weighted by molar-refractivity contribution is 1.35. The summed E-state index contributed by atoms with van der Waals surface area (Å²) in [7, 11) is 0. The first-order chi connectivity index (χ1) is 19.9. The van der Waals surface area contributed by atoms with Gasteiger partial charge in [-0.1, -0.05) is 103 Å². The summed E-state index contributed by atoms with van der Waals surface area (Å²) in [4.78, 5) is 4.77. The zero-order valence-electron chi connectivity index (χ0n) is 21.6. The van der Waals surface area contributed by atoms with Gasteiger partial charge in [0.2, 0.25) is 0 Å². The number of nitrogens with zero attached hydrogens (tertiary/aromatic N) is 1. The molecule has 7 aromatic carbocycles. The van der Waals surface area contributed by atoms with Gasteiger partial charge in [-0.25, -0.2) is 0 Å². The minimum Gasteiger partial charge on any atom is -0.256 e. The highest BCUT2D eigenvalue weighted by atomic mass is 14.7. The fourth-order valence-electron chi connectivity index (χ4n) is 7.57. The van der Waals surface area contributed by atoms with Gasteiger partial charge in [-0.05, 0) is 100 Å². The molecule has 0 unspecified atom stereocenters. The molecule has 0 N–H and O–H groups in total. The van der Waals surface area contributed by atoms with Crippen LogP contribution in [0.15, 0.2) is 128 Å². The zero-order valence-corrected chi connectivity index (χ0v) is 21.6. The van der Waals surface area contributed by atoms with Crippen LogP contribution in [0.5, 0.6) is 0 Å². The molecule has 10 rings (SSSR count). The van der Waals surface area contributed by atoms with E-state index >= 15 is 0 Å². The van der Waals surface area contributed by atoms with E-state index in [2.05, 4.69) is 115 Å². The van der Waals surface area contributed by atoms with E-state index in [1.165, 1.54) is 93.2 Å². The zero-order chi connectivity index (χ0) is 25.9. The van der Waals surface area contributed by atoms with Crippen molar-refractivity contribution in [1.82, 2.24) is 4.98 Å². The van der Waals surface area contributed by atoms with Gasteiger partial charge >= 0.3 is 0 Å².